The lowest BCUT2D eigenvalue weighted by Crippen LogP contribution is -2.49. The van der Waals surface area contributed by atoms with Gasteiger partial charge in [0.05, 0.1) is 12.7 Å². The average molecular weight is 502 g/mol. The molecule has 1 atom stereocenters. The number of likely N-dealkylation sites (N-methyl/N-ethyl adjacent to an activating group) is 1. The molecule has 1 heterocycles. The minimum atomic E-state index is -3.93. The molecule has 1 aliphatic rings. The van der Waals surface area contributed by atoms with Gasteiger partial charge in [-0.25, -0.2) is 12.7 Å². The Bertz CT molecular complexity index is 1200. The molecule has 10 heteroatoms. The fraction of sp³-hybridized carbons (Fsp3) is 0.400. The number of benzene rings is 2. The fourth-order valence-electron chi connectivity index (χ4n) is 4.15. The molecular weight excluding hydrogens is 470 g/mol. The van der Waals surface area contributed by atoms with E-state index in [9.17, 15) is 22.8 Å². The number of nitrogens with zero attached hydrogens (tertiary/aromatic N) is 2. The molecule has 1 N–H and O–H groups in total. The summed E-state index contributed by atoms with van der Waals surface area (Å²) in [4.78, 5) is 40.1. The number of carbonyl (C=O) groups is 3. The van der Waals surface area contributed by atoms with Crippen LogP contribution in [-0.2, 0) is 26.2 Å². The Morgan fingerprint density at radius 1 is 1.11 bits per heavy atom. The monoisotopic (exact) mass is 501 g/mol. The second-order valence-corrected chi connectivity index (χ2v) is 10.0. The van der Waals surface area contributed by atoms with Gasteiger partial charge in [-0.05, 0) is 49.6 Å². The first-order chi connectivity index (χ1) is 16.7. The lowest BCUT2D eigenvalue weighted by molar-refractivity contribution is -0.141. The zero-order chi connectivity index (χ0) is 25.6. The van der Waals surface area contributed by atoms with Crippen molar-refractivity contribution in [2.45, 2.75) is 50.6 Å². The summed E-state index contributed by atoms with van der Waals surface area (Å²) < 4.78 is 31.6. The van der Waals surface area contributed by atoms with Crippen LogP contribution in [0.2, 0.25) is 0 Å². The summed E-state index contributed by atoms with van der Waals surface area (Å²) in [6, 6.07) is 12.6. The topological polar surface area (TPSA) is 113 Å². The highest BCUT2D eigenvalue weighted by atomic mass is 32.2. The van der Waals surface area contributed by atoms with Crippen molar-refractivity contribution in [3.05, 3.63) is 59.7 Å². The van der Waals surface area contributed by atoms with Crippen LogP contribution in [-0.4, -0.2) is 61.6 Å². The van der Waals surface area contributed by atoms with Gasteiger partial charge in [-0.1, -0.05) is 31.2 Å². The predicted molar refractivity (Wildman–Crippen MR) is 130 cm³/mol. The van der Waals surface area contributed by atoms with Gasteiger partial charge in [0.25, 0.3) is 15.9 Å². The minimum Gasteiger partial charge on any atom is -0.497 e. The molecule has 0 spiro atoms. The van der Waals surface area contributed by atoms with Crippen molar-refractivity contribution in [1.82, 2.24) is 14.5 Å². The largest absolute Gasteiger partial charge is 0.497 e. The molecule has 0 fully saturated rings. The van der Waals surface area contributed by atoms with E-state index in [1.807, 2.05) is 26.0 Å². The third-order valence-corrected chi connectivity index (χ3v) is 7.73. The lowest BCUT2D eigenvalue weighted by atomic mass is 10.1. The summed E-state index contributed by atoms with van der Waals surface area (Å²) in [5, 5.41) is 2.78. The van der Waals surface area contributed by atoms with Gasteiger partial charge in [-0.2, -0.15) is 0 Å². The molecule has 2 aromatic rings. The van der Waals surface area contributed by atoms with Crippen LogP contribution < -0.4 is 10.1 Å². The van der Waals surface area contributed by atoms with E-state index in [2.05, 4.69) is 5.32 Å². The Morgan fingerprint density at radius 2 is 1.86 bits per heavy atom. The van der Waals surface area contributed by atoms with Gasteiger partial charge >= 0.3 is 0 Å². The van der Waals surface area contributed by atoms with Crippen molar-refractivity contribution in [1.29, 1.82) is 0 Å². The van der Waals surface area contributed by atoms with E-state index in [1.165, 1.54) is 17.0 Å². The molecule has 0 aliphatic carbocycles. The molecule has 0 saturated heterocycles. The van der Waals surface area contributed by atoms with Crippen LogP contribution in [0.1, 0.15) is 49.0 Å². The van der Waals surface area contributed by atoms with Gasteiger partial charge in [0.15, 0.2) is 0 Å². The van der Waals surface area contributed by atoms with Crippen LogP contribution in [0.5, 0.6) is 5.75 Å². The summed E-state index contributed by atoms with van der Waals surface area (Å²) in [6.07, 6.45) is 0.531. The summed E-state index contributed by atoms with van der Waals surface area (Å²) in [6.45, 7) is 4.15. The highest BCUT2D eigenvalue weighted by molar-refractivity contribution is 7.90. The van der Waals surface area contributed by atoms with Crippen molar-refractivity contribution in [3.8, 4) is 5.75 Å². The van der Waals surface area contributed by atoms with Gasteiger partial charge in [0.2, 0.25) is 11.8 Å². The first-order valence-electron chi connectivity index (χ1n) is 11.6. The lowest BCUT2D eigenvalue weighted by Gasteiger charge is -2.31. The van der Waals surface area contributed by atoms with Gasteiger partial charge in [0.1, 0.15) is 16.7 Å². The van der Waals surface area contributed by atoms with E-state index < -0.39 is 22.0 Å². The number of carbonyl (C=O) groups excluding carboxylic acids is 3. The average Bonchev–Trinajstić information content (AvgIpc) is 3.04. The molecular formula is C25H31N3O6S. The Labute approximate surface area is 206 Å². The molecule has 0 bridgehead atoms. The molecule has 0 radical (unpaired) electrons. The molecule has 9 nitrogen and oxygen atoms in total. The number of methoxy groups -OCH3 is 1. The number of rotatable bonds is 11. The summed E-state index contributed by atoms with van der Waals surface area (Å²) in [5.41, 5.74) is 0.939. The normalized spacial score (nSPS) is 14.8. The quantitative estimate of drug-likeness (QED) is 0.506. The highest BCUT2D eigenvalue weighted by Crippen LogP contribution is 2.30. The number of ether oxygens (including phenoxy) is 1. The number of nitrogens with one attached hydrogen (secondary N) is 1. The van der Waals surface area contributed by atoms with Crippen LogP contribution in [0.4, 0.5) is 0 Å². The van der Waals surface area contributed by atoms with Crippen LogP contribution in [0.15, 0.2) is 53.4 Å². The Morgan fingerprint density at radius 3 is 2.51 bits per heavy atom. The van der Waals surface area contributed by atoms with E-state index in [-0.39, 0.29) is 48.2 Å². The number of hydrogen-bond donors (Lipinski definition) is 1. The molecule has 1 unspecified atom stereocenters. The summed E-state index contributed by atoms with van der Waals surface area (Å²) >= 11 is 0. The fourth-order valence-corrected chi connectivity index (χ4v) is 5.76. The second-order valence-electron chi connectivity index (χ2n) is 8.17. The van der Waals surface area contributed by atoms with Crippen molar-refractivity contribution in [2.75, 3.05) is 20.2 Å². The van der Waals surface area contributed by atoms with E-state index in [0.717, 1.165) is 9.87 Å². The highest BCUT2D eigenvalue weighted by Gasteiger charge is 2.40. The molecule has 0 aromatic heterocycles. The summed E-state index contributed by atoms with van der Waals surface area (Å²) in [7, 11) is -2.38. The van der Waals surface area contributed by atoms with Crippen LogP contribution >= 0.6 is 0 Å². The smallest absolute Gasteiger partial charge is 0.269 e. The van der Waals surface area contributed by atoms with Crippen molar-refractivity contribution in [3.63, 3.8) is 0 Å². The predicted octanol–water partition coefficient (Wildman–Crippen LogP) is 2.56. The number of hydrogen-bond acceptors (Lipinski definition) is 6. The Hall–Kier alpha value is -3.40. The first-order valence-corrected chi connectivity index (χ1v) is 13.0. The molecule has 188 valence electrons. The Kier molecular flexibility index (Phi) is 8.50. The molecule has 0 saturated carbocycles. The summed E-state index contributed by atoms with van der Waals surface area (Å²) in [5.74, 6) is -0.500. The number of sulfonamides is 1. The zero-order valence-corrected chi connectivity index (χ0v) is 21.0. The Balaban J connectivity index is 1.75. The zero-order valence-electron chi connectivity index (χ0n) is 20.2. The maximum atomic E-state index is 13.3. The molecule has 3 amide bonds. The van der Waals surface area contributed by atoms with Crippen molar-refractivity contribution < 1.29 is 27.5 Å². The van der Waals surface area contributed by atoms with Gasteiger partial charge < -0.3 is 15.0 Å². The van der Waals surface area contributed by atoms with Crippen LogP contribution in [0.3, 0.4) is 0 Å². The van der Waals surface area contributed by atoms with E-state index >= 15 is 0 Å². The first kappa shape index (κ1) is 26.2. The third-order valence-electron chi connectivity index (χ3n) is 5.89. The molecule has 1 aliphatic heterocycles. The SMILES string of the molecule is CCNC(=O)C(CC)N(Cc1cccc(OC)c1)C(=O)CCCN1C(=O)c2ccccc2S1(=O)=O. The van der Waals surface area contributed by atoms with E-state index in [1.54, 1.807) is 31.4 Å². The molecule has 35 heavy (non-hydrogen) atoms. The molecule has 3 rings (SSSR count). The third kappa shape index (κ3) is 5.64. The van der Waals surface area contributed by atoms with Crippen LogP contribution in [0, 0.1) is 0 Å². The van der Waals surface area contributed by atoms with Gasteiger partial charge in [-0.15, -0.1) is 0 Å². The maximum absolute atomic E-state index is 13.3. The van der Waals surface area contributed by atoms with E-state index in [4.69, 9.17) is 4.74 Å². The number of amides is 3. The molecule has 2 aromatic carbocycles. The van der Waals surface area contributed by atoms with Crippen molar-refractivity contribution >= 4 is 27.7 Å². The maximum Gasteiger partial charge on any atom is 0.269 e. The minimum absolute atomic E-state index is 0.0155. The van der Waals surface area contributed by atoms with Crippen molar-refractivity contribution in [2.24, 2.45) is 0 Å². The standard InChI is InChI=1S/C25H31N3O6S/c1-4-21(24(30)26-5-2)27(17-18-10-8-11-19(16-18)34-3)23(29)14-9-15-28-25(31)20-12-6-7-13-22(20)35(28,32)33/h6-8,10-13,16,21H,4-5,9,14-15,17H2,1-3H3,(H,26,30). The number of fused-ring (bicyclic) bond motifs is 1. The van der Waals surface area contributed by atoms with Gasteiger partial charge in [0, 0.05) is 26.1 Å². The van der Waals surface area contributed by atoms with Gasteiger partial charge in [-0.3, -0.25) is 14.4 Å². The second kappa shape index (κ2) is 11.4. The van der Waals surface area contributed by atoms with Crippen LogP contribution in [0.25, 0.3) is 0 Å². The van der Waals surface area contributed by atoms with E-state index in [0.29, 0.717) is 18.7 Å².